The highest BCUT2D eigenvalue weighted by atomic mass is 79.9. The molecule has 122 valence electrons. The Morgan fingerprint density at radius 2 is 2.00 bits per heavy atom. The summed E-state index contributed by atoms with van der Waals surface area (Å²) in [5.41, 5.74) is -0.415. The summed E-state index contributed by atoms with van der Waals surface area (Å²) in [5, 5.41) is 10.1. The average Bonchev–Trinajstić information content (AvgIpc) is 2.74. The monoisotopic (exact) mass is 369 g/mol. The highest BCUT2D eigenvalue weighted by Gasteiger charge is 2.48. The molecule has 22 heavy (non-hydrogen) atoms. The number of ether oxygens (including phenoxy) is 1. The standard InChI is InChI=1S/C17H24BrNO3/c1-5-17(10-16(3,4)21)11-19(15(20)22-17)12(2)13-6-8-14(18)9-7-13/h6-9,12,21H,5,10-11H2,1-4H3/t12-,17+/m0/s1. The van der Waals surface area contributed by atoms with Gasteiger partial charge in [-0.05, 0) is 44.9 Å². The van der Waals surface area contributed by atoms with Crippen molar-refractivity contribution in [1.29, 1.82) is 0 Å². The van der Waals surface area contributed by atoms with Gasteiger partial charge >= 0.3 is 6.09 Å². The number of rotatable bonds is 5. The minimum atomic E-state index is -0.868. The molecule has 0 unspecified atom stereocenters. The maximum Gasteiger partial charge on any atom is 0.411 e. The van der Waals surface area contributed by atoms with Crippen LogP contribution < -0.4 is 0 Å². The second-order valence-corrected chi connectivity index (χ2v) is 7.66. The molecule has 0 saturated carbocycles. The molecular weight excluding hydrogens is 346 g/mol. The smallest absolute Gasteiger partial charge is 0.411 e. The van der Waals surface area contributed by atoms with Gasteiger partial charge in [-0.1, -0.05) is 35.0 Å². The summed E-state index contributed by atoms with van der Waals surface area (Å²) in [6, 6.07) is 7.89. The van der Waals surface area contributed by atoms with Crippen LogP contribution in [-0.4, -0.2) is 33.8 Å². The van der Waals surface area contributed by atoms with E-state index in [4.69, 9.17) is 4.74 Å². The summed E-state index contributed by atoms with van der Waals surface area (Å²) in [7, 11) is 0. The fourth-order valence-electron chi connectivity index (χ4n) is 3.06. The molecule has 0 bridgehead atoms. The number of carbonyl (C=O) groups excluding carboxylic acids is 1. The molecule has 1 aromatic carbocycles. The number of halogens is 1. The van der Waals surface area contributed by atoms with Crippen molar-refractivity contribution in [2.45, 2.75) is 57.8 Å². The van der Waals surface area contributed by atoms with Crippen LogP contribution in [0.1, 0.15) is 52.1 Å². The van der Waals surface area contributed by atoms with Gasteiger partial charge in [-0.3, -0.25) is 4.90 Å². The molecule has 1 N–H and O–H groups in total. The lowest BCUT2D eigenvalue weighted by molar-refractivity contribution is -0.0312. The van der Waals surface area contributed by atoms with Crippen LogP contribution in [0, 0.1) is 0 Å². The minimum absolute atomic E-state index is 0.0594. The third-order valence-electron chi connectivity index (χ3n) is 4.22. The van der Waals surface area contributed by atoms with Crippen LogP contribution in [0.15, 0.2) is 28.7 Å². The van der Waals surface area contributed by atoms with E-state index in [1.807, 2.05) is 38.1 Å². The third-order valence-corrected chi connectivity index (χ3v) is 4.74. The zero-order chi connectivity index (χ0) is 16.5. The molecule has 2 rings (SSSR count). The summed E-state index contributed by atoms with van der Waals surface area (Å²) in [5.74, 6) is 0. The molecule has 1 saturated heterocycles. The Kier molecular flexibility index (Phi) is 4.87. The van der Waals surface area contributed by atoms with Crippen LogP contribution in [-0.2, 0) is 4.74 Å². The van der Waals surface area contributed by atoms with Crippen LogP contribution in [0.25, 0.3) is 0 Å². The number of nitrogens with zero attached hydrogens (tertiary/aromatic N) is 1. The van der Waals surface area contributed by atoms with Crippen molar-refractivity contribution in [3.05, 3.63) is 34.3 Å². The van der Waals surface area contributed by atoms with Crippen LogP contribution in [0.2, 0.25) is 0 Å². The van der Waals surface area contributed by atoms with E-state index in [2.05, 4.69) is 15.9 Å². The van der Waals surface area contributed by atoms with E-state index in [9.17, 15) is 9.90 Å². The molecule has 2 atom stereocenters. The molecule has 1 aromatic rings. The fraction of sp³-hybridized carbons (Fsp3) is 0.588. The van der Waals surface area contributed by atoms with Gasteiger partial charge in [-0.2, -0.15) is 0 Å². The number of carbonyl (C=O) groups is 1. The number of benzene rings is 1. The normalized spacial score (nSPS) is 23.5. The number of hydrogen-bond donors (Lipinski definition) is 1. The zero-order valence-electron chi connectivity index (χ0n) is 13.6. The maximum absolute atomic E-state index is 12.3. The predicted octanol–water partition coefficient (Wildman–Crippen LogP) is 4.27. The van der Waals surface area contributed by atoms with Crippen molar-refractivity contribution < 1.29 is 14.6 Å². The van der Waals surface area contributed by atoms with Crippen molar-refractivity contribution in [3.63, 3.8) is 0 Å². The molecule has 1 heterocycles. The number of amides is 1. The zero-order valence-corrected chi connectivity index (χ0v) is 15.2. The van der Waals surface area contributed by atoms with E-state index >= 15 is 0 Å². The van der Waals surface area contributed by atoms with Crippen LogP contribution in [0.3, 0.4) is 0 Å². The van der Waals surface area contributed by atoms with Crippen molar-refractivity contribution in [2.24, 2.45) is 0 Å². The predicted molar refractivity (Wildman–Crippen MR) is 89.7 cm³/mol. The first-order chi connectivity index (χ1) is 10.2. The van der Waals surface area contributed by atoms with Crippen molar-refractivity contribution in [3.8, 4) is 0 Å². The van der Waals surface area contributed by atoms with Crippen LogP contribution >= 0.6 is 15.9 Å². The Bertz CT molecular complexity index is 538. The van der Waals surface area contributed by atoms with Crippen LogP contribution in [0.4, 0.5) is 4.79 Å². The van der Waals surface area contributed by atoms with Gasteiger partial charge in [0.2, 0.25) is 0 Å². The lowest BCUT2D eigenvalue weighted by Gasteiger charge is -2.32. The molecule has 0 radical (unpaired) electrons. The van der Waals surface area contributed by atoms with Crippen molar-refractivity contribution >= 4 is 22.0 Å². The molecule has 1 fully saturated rings. The number of cyclic esters (lactones) is 1. The molecule has 4 nitrogen and oxygen atoms in total. The van der Waals surface area contributed by atoms with Crippen molar-refractivity contribution in [2.75, 3.05) is 6.54 Å². The second-order valence-electron chi connectivity index (χ2n) is 6.75. The summed E-state index contributed by atoms with van der Waals surface area (Å²) < 4.78 is 6.68. The Balaban J connectivity index is 2.19. The van der Waals surface area contributed by atoms with Gasteiger partial charge in [0.25, 0.3) is 0 Å². The van der Waals surface area contributed by atoms with E-state index in [1.165, 1.54) is 0 Å². The van der Waals surface area contributed by atoms with E-state index in [0.29, 0.717) is 19.4 Å². The first-order valence-corrected chi connectivity index (χ1v) is 8.42. The first-order valence-electron chi connectivity index (χ1n) is 7.63. The average molecular weight is 370 g/mol. The Hall–Kier alpha value is -1.07. The highest BCUT2D eigenvalue weighted by molar-refractivity contribution is 9.10. The second kappa shape index (κ2) is 6.20. The van der Waals surface area contributed by atoms with Crippen molar-refractivity contribution in [1.82, 2.24) is 4.90 Å². The van der Waals surface area contributed by atoms with Gasteiger partial charge in [-0.15, -0.1) is 0 Å². The van der Waals surface area contributed by atoms with Gasteiger partial charge in [0.05, 0.1) is 18.2 Å². The van der Waals surface area contributed by atoms with Gasteiger partial charge in [0.15, 0.2) is 0 Å². The van der Waals surface area contributed by atoms with E-state index < -0.39 is 11.2 Å². The summed E-state index contributed by atoms with van der Waals surface area (Å²) >= 11 is 3.42. The minimum Gasteiger partial charge on any atom is -0.441 e. The fourth-order valence-corrected chi connectivity index (χ4v) is 3.32. The number of aliphatic hydroxyl groups is 1. The Morgan fingerprint density at radius 1 is 1.41 bits per heavy atom. The Labute approximate surface area is 140 Å². The lowest BCUT2D eigenvalue weighted by atomic mass is 9.87. The van der Waals surface area contributed by atoms with Crippen LogP contribution in [0.5, 0.6) is 0 Å². The molecule has 0 aromatic heterocycles. The van der Waals surface area contributed by atoms with E-state index in [1.54, 1.807) is 18.7 Å². The molecule has 1 aliphatic heterocycles. The molecule has 1 aliphatic rings. The van der Waals surface area contributed by atoms with Gasteiger partial charge in [-0.25, -0.2) is 4.79 Å². The summed E-state index contributed by atoms with van der Waals surface area (Å²) in [6.45, 7) is 7.99. The molecule has 0 spiro atoms. The van der Waals surface area contributed by atoms with Gasteiger partial charge in [0, 0.05) is 10.9 Å². The maximum atomic E-state index is 12.3. The topological polar surface area (TPSA) is 49.8 Å². The van der Waals surface area contributed by atoms with Gasteiger partial charge in [0.1, 0.15) is 5.60 Å². The first kappa shape index (κ1) is 17.3. The SMILES string of the molecule is CC[C@@]1(CC(C)(C)O)CN([C@@H](C)c2ccc(Br)cc2)C(=O)O1. The molecule has 0 aliphatic carbocycles. The molecule has 1 amide bonds. The summed E-state index contributed by atoms with van der Waals surface area (Å²) in [6.07, 6.45) is 0.819. The van der Waals surface area contributed by atoms with Gasteiger partial charge < -0.3 is 9.84 Å². The quantitative estimate of drug-likeness (QED) is 0.842. The summed E-state index contributed by atoms with van der Waals surface area (Å²) in [4.78, 5) is 14.1. The lowest BCUT2D eigenvalue weighted by Crippen LogP contribution is -2.41. The number of hydrogen-bond acceptors (Lipinski definition) is 3. The largest absolute Gasteiger partial charge is 0.441 e. The Morgan fingerprint density at radius 3 is 2.50 bits per heavy atom. The third kappa shape index (κ3) is 3.82. The molecule has 5 heteroatoms. The highest BCUT2D eigenvalue weighted by Crippen LogP contribution is 2.37. The molecular formula is C17H24BrNO3. The van der Waals surface area contributed by atoms with E-state index in [0.717, 1.165) is 10.0 Å². The van der Waals surface area contributed by atoms with E-state index in [-0.39, 0.29) is 12.1 Å².